The van der Waals surface area contributed by atoms with E-state index in [2.05, 4.69) is 10.0 Å². The zero-order valence-electron chi connectivity index (χ0n) is 20.0. The van der Waals surface area contributed by atoms with Crippen molar-refractivity contribution in [2.45, 2.75) is 70.0 Å². The Hall–Kier alpha value is -2.50. The van der Waals surface area contributed by atoms with E-state index in [-0.39, 0.29) is 29.8 Å². The Morgan fingerprint density at radius 2 is 1.65 bits per heavy atom. The Bertz CT molecular complexity index is 971. The van der Waals surface area contributed by atoms with Crippen LogP contribution in [0.2, 0.25) is 0 Å². The van der Waals surface area contributed by atoms with Gasteiger partial charge in [0.15, 0.2) is 6.04 Å². The second kappa shape index (κ2) is 11.8. The van der Waals surface area contributed by atoms with Crippen molar-refractivity contribution in [3.63, 3.8) is 0 Å². The van der Waals surface area contributed by atoms with Gasteiger partial charge in [0.1, 0.15) is 6.04 Å². The molecule has 1 fully saturated rings. The number of carboxylic acids is 1. The van der Waals surface area contributed by atoms with Crippen LogP contribution in [0.1, 0.15) is 45.6 Å². The van der Waals surface area contributed by atoms with Crippen LogP contribution in [0.4, 0.5) is 0 Å². The molecule has 2 amide bonds. The van der Waals surface area contributed by atoms with Gasteiger partial charge >= 0.3 is 5.97 Å². The molecule has 1 aromatic rings. The number of carboxylic acid groups (broad SMARTS) is 1. The number of aliphatic hydroxyl groups excluding tert-OH is 1. The number of piperidine rings is 1. The van der Waals surface area contributed by atoms with Crippen molar-refractivity contribution in [3.05, 3.63) is 29.8 Å². The highest BCUT2D eigenvalue weighted by Gasteiger charge is 2.36. The number of benzene rings is 1. The van der Waals surface area contributed by atoms with E-state index in [9.17, 15) is 27.9 Å². The molecule has 0 unspecified atom stereocenters. The lowest BCUT2D eigenvalue weighted by molar-refractivity contribution is -0.146. The fourth-order valence-corrected chi connectivity index (χ4v) is 5.11. The molecular formula is C23H35N3O7S. The van der Waals surface area contributed by atoms with Crippen LogP contribution in [0.5, 0.6) is 0 Å². The molecule has 1 heterocycles. The van der Waals surface area contributed by atoms with Gasteiger partial charge in [-0.25, -0.2) is 13.2 Å². The zero-order chi connectivity index (χ0) is 25.6. The van der Waals surface area contributed by atoms with Crippen LogP contribution in [0.25, 0.3) is 0 Å². The van der Waals surface area contributed by atoms with Gasteiger partial charge in [0, 0.05) is 19.0 Å². The van der Waals surface area contributed by atoms with Gasteiger partial charge < -0.3 is 20.4 Å². The standard InChI is InChI=1S/C23H35N3O7S/c1-5-15(3)19(25-34(32,33)18-8-6-14(2)7-9-18)22(29)26-12-10-17(11-13-26)21(28)24-20(16(4)27)23(30)31/h6-9,15-17,19-20,25,27H,5,10-13H2,1-4H3,(H,24,28)(H,30,31)/t15-,16-,19+,20+/m1/s1. The lowest BCUT2D eigenvalue weighted by Crippen LogP contribution is -2.55. The van der Waals surface area contributed by atoms with Crippen LogP contribution in [0.3, 0.4) is 0 Å². The maximum atomic E-state index is 13.3. The normalized spacial score (nSPS) is 18.6. The highest BCUT2D eigenvalue weighted by atomic mass is 32.2. The van der Waals surface area contributed by atoms with Crippen molar-refractivity contribution in [1.29, 1.82) is 0 Å². The van der Waals surface area contributed by atoms with Crippen molar-refractivity contribution < 1.29 is 33.0 Å². The Labute approximate surface area is 200 Å². The van der Waals surface area contributed by atoms with Crippen LogP contribution in [-0.2, 0) is 24.4 Å². The third-order valence-electron chi connectivity index (χ3n) is 6.32. The minimum absolute atomic E-state index is 0.0840. The van der Waals surface area contributed by atoms with Gasteiger partial charge in [-0.3, -0.25) is 9.59 Å². The molecular weight excluding hydrogens is 462 g/mol. The Morgan fingerprint density at radius 1 is 1.09 bits per heavy atom. The SMILES string of the molecule is CC[C@@H](C)[C@H](NS(=O)(=O)c1ccc(C)cc1)C(=O)N1CCC(C(=O)N[C@H](C(=O)O)[C@@H](C)O)CC1. The van der Waals surface area contributed by atoms with Crippen molar-refractivity contribution in [2.75, 3.05) is 13.1 Å². The smallest absolute Gasteiger partial charge is 0.328 e. The quantitative estimate of drug-likeness (QED) is 0.374. The van der Waals surface area contributed by atoms with E-state index in [1.54, 1.807) is 17.0 Å². The Morgan fingerprint density at radius 3 is 2.12 bits per heavy atom. The monoisotopic (exact) mass is 497 g/mol. The number of rotatable bonds is 10. The second-order valence-electron chi connectivity index (χ2n) is 8.96. The van der Waals surface area contributed by atoms with Gasteiger partial charge in [-0.05, 0) is 44.7 Å². The highest BCUT2D eigenvalue weighted by Crippen LogP contribution is 2.22. The second-order valence-corrected chi connectivity index (χ2v) is 10.7. The Balaban J connectivity index is 2.07. The first-order valence-electron chi connectivity index (χ1n) is 11.5. The highest BCUT2D eigenvalue weighted by molar-refractivity contribution is 7.89. The largest absolute Gasteiger partial charge is 0.480 e. The van der Waals surface area contributed by atoms with Crippen molar-refractivity contribution in [3.8, 4) is 0 Å². The zero-order valence-corrected chi connectivity index (χ0v) is 20.8. The summed E-state index contributed by atoms with van der Waals surface area (Å²) in [5.41, 5.74) is 0.920. The minimum Gasteiger partial charge on any atom is -0.480 e. The first-order valence-corrected chi connectivity index (χ1v) is 12.9. The maximum Gasteiger partial charge on any atom is 0.328 e. The summed E-state index contributed by atoms with van der Waals surface area (Å²) in [6.45, 7) is 7.30. The van der Waals surface area contributed by atoms with Crippen molar-refractivity contribution in [2.24, 2.45) is 11.8 Å². The molecule has 2 rings (SSSR count). The number of carbonyl (C=O) groups excluding carboxylic acids is 2. The molecule has 4 atom stereocenters. The predicted molar refractivity (Wildman–Crippen MR) is 125 cm³/mol. The van der Waals surface area contributed by atoms with E-state index in [1.165, 1.54) is 19.1 Å². The van der Waals surface area contributed by atoms with E-state index in [0.717, 1.165) is 5.56 Å². The number of aryl methyl sites for hydroxylation is 1. The molecule has 10 nitrogen and oxygen atoms in total. The van der Waals surface area contributed by atoms with E-state index < -0.39 is 46.0 Å². The molecule has 1 aliphatic rings. The van der Waals surface area contributed by atoms with Crippen LogP contribution in [0, 0.1) is 18.8 Å². The van der Waals surface area contributed by atoms with Crippen LogP contribution in [0.15, 0.2) is 29.2 Å². The maximum absolute atomic E-state index is 13.3. The van der Waals surface area contributed by atoms with Gasteiger partial charge in [-0.2, -0.15) is 4.72 Å². The molecule has 0 aromatic heterocycles. The molecule has 1 aromatic carbocycles. The number of sulfonamides is 1. The molecule has 4 N–H and O–H groups in total. The number of hydrogen-bond donors (Lipinski definition) is 4. The summed E-state index contributed by atoms with van der Waals surface area (Å²) in [6, 6.07) is 4.02. The fraction of sp³-hybridized carbons (Fsp3) is 0.609. The molecule has 0 aliphatic carbocycles. The van der Waals surface area contributed by atoms with Gasteiger partial charge in [0.2, 0.25) is 21.8 Å². The van der Waals surface area contributed by atoms with Crippen LogP contribution >= 0.6 is 0 Å². The number of carbonyl (C=O) groups is 3. The summed E-state index contributed by atoms with van der Waals surface area (Å²) in [5, 5.41) is 21.1. The first kappa shape index (κ1) is 27.7. The van der Waals surface area contributed by atoms with Gasteiger partial charge in [0.05, 0.1) is 11.0 Å². The topological polar surface area (TPSA) is 153 Å². The molecule has 0 radical (unpaired) electrons. The lowest BCUT2D eigenvalue weighted by Gasteiger charge is -2.35. The predicted octanol–water partition coefficient (Wildman–Crippen LogP) is 0.877. The average molecular weight is 498 g/mol. The van der Waals surface area contributed by atoms with Gasteiger partial charge in [-0.15, -0.1) is 0 Å². The fourth-order valence-electron chi connectivity index (χ4n) is 3.82. The molecule has 0 bridgehead atoms. The molecule has 1 aliphatic heterocycles. The number of aliphatic carboxylic acids is 1. The molecule has 11 heteroatoms. The van der Waals surface area contributed by atoms with E-state index in [1.807, 2.05) is 20.8 Å². The summed E-state index contributed by atoms with van der Waals surface area (Å²) in [4.78, 5) is 38.6. The third kappa shape index (κ3) is 7.00. The van der Waals surface area contributed by atoms with Crippen molar-refractivity contribution in [1.82, 2.24) is 14.9 Å². The molecule has 34 heavy (non-hydrogen) atoms. The summed E-state index contributed by atoms with van der Waals surface area (Å²) >= 11 is 0. The summed E-state index contributed by atoms with van der Waals surface area (Å²) in [7, 11) is -3.91. The van der Waals surface area contributed by atoms with Gasteiger partial charge in [0.25, 0.3) is 0 Å². The number of aliphatic hydroxyl groups is 1. The molecule has 0 saturated carbocycles. The molecule has 1 saturated heterocycles. The number of amides is 2. The summed E-state index contributed by atoms with van der Waals surface area (Å²) in [6.07, 6.45) is -0.0498. The minimum atomic E-state index is -3.91. The average Bonchev–Trinajstić information content (AvgIpc) is 2.79. The summed E-state index contributed by atoms with van der Waals surface area (Å²) in [5.74, 6) is -2.92. The van der Waals surface area contributed by atoms with Crippen LogP contribution < -0.4 is 10.0 Å². The molecule has 190 valence electrons. The van der Waals surface area contributed by atoms with Gasteiger partial charge in [-0.1, -0.05) is 38.0 Å². The van der Waals surface area contributed by atoms with Crippen LogP contribution in [-0.4, -0.2) is 72.6 Å². The number of likely N-dealkylation sites (tertiary alicyclic amines) is 1. The molecule has 0 spiro atoms. The first-order chi connectivity index (χ1) is 15.9. The number of nitrogens with one attached hydrogen (secondary N) is 2. The lowest BCUT2D eigenvalue weighted by atomic mass is 9.93. The van der Waals surface area contributed by atoms with E-state index in [4.69, 9.17) is 5.11 Å². The number of nitrogens with zero attached hydrogens (tertiary/aromatic N) is 1. The van der Waals surface area contributed by atoms with Crippen molar-refractivity contribution >= 4 is 27.8 Å². The third-order valence-corrected chi connectivity index (χ3v) is 7.77. The summed E-state index contributed by atoms with van der Waals surface area (Å²) < 4.78 is 28.4. The number of hydrogen-bond acceptors (Lipinski definition) is 6. The van der Waals surface area contributed by atoms with E-state index in [0.29, 0.717) is 19.3 Å². The Kier molecular flexibility index (Phi) is 9.60. The van der Waals surface area contributed by atoms with E-state index >= 15 is 0 Å².